The zero-order valence-electron chi connectivity index (χ0n) is 10.8. The van der Waals surface area contributed by atoms with Gasteiger partial charge >= 0.3 is 0 Å². The van der Waals surface area contributed by atoms with Crippen LogP contribution in [0.4, 0.5) is 5.69 Å². The number of amides is 1. The lowest BCUT2D eigenvalue weighted by molar-refractivity contribution is -0.133. The lowest BCUT2D eigenvalue weighted by Gasteiger charge is -2.19. The van der Waals surface area contributed by atoms with Crippen molar-refractivity contribution in [3.05, 3.63) is 58.3 Å². The number of aromatic nitrogens is 1. The van der Waals surface area contributed by atoms with Crippen LogP contribution < -0.4 is 5.32 Å². The fourth-order valence-electron chi connectivity index (χ4n) is 2.34. The van der Waals surface area contributed by atoms with Crippen molar-refractivity contribution in [2.75, 3.05) is 5.32 Å². The number of Topliss-reactive ketones (excluding diaryl/α,β-unsaturated/α-hetero) is 1. The molecular formula is C15H11BrN2O3. The number of carbonyl (C=O) groups is 2. The fraction of sp³-hybridized carbons (Fsp3) is 0.133. The first-order valence-electron chi connectivity index (χ1n) is 6.29. The molecule has 1 amide bonds. The van der Waals surface area contributed by atoms with E-state index in [9.17, 15) is 14.7 Å². The number of anilines is 1. The predicted molar refractivity (Wildman–Crippen MR) is 79.9 cm³/mol. The number of nitrogens with one attached hydrogen (secondary N) is 1. The van der Waals surface area contributed by atoms with Crippen molar-refractivity contribution in [3.63, 3.8) is 0 Å². The van der Waals surface area contributed by atoms with Crippen LogP contribution in [-0.4, -0.2) is 21.8 Å². The van der Waals surface area contributed by atoms with E-state index in [2.05, 4.69) is 26.2 Å². The van der Waals surface area contributed by atoms with Crippen LogP contribution >= 0.6 is 15.9 Å². The summed E-state index contributed by atoms with van der Waals surface area (Å²) in [6, 6.07) is 10.0. The number of rotatable bonds is 3. The number of benzene rings is 1. The summed E-state index contributed by atoms with van der Waals surface area (Å²) < 4.78 is 0.724. The van der Waals surface area contributed by atoms with Gasteiger partial charge in [-0.2, -0.15) is 0 Å². The van der Waals surface area contributed by atoms with Crippen molar-refractivity contribution < 1.29 is 14.7 Å². The predicted octanol–water partition coefficient (Wildman–Crippen LogP) is 2.26. The van der Waals surface area contributed by atoms with E-state index in [-0.39, 0.29) is 17.9 Å². The molecule has 106 valence electrons. The number of ketones is 1. The van der Waals surface area contributed by atoms with Crippen molar-refractivity contribution in [3.8, 4) is 0 Å². The second-order valence-corrected chi connectivity index (χ2v) is 5.73. The molecule has 5 nitrogen and oxygen atoms in total. The summed E-state index contributed by atoms with van der Waals surface area (Å²) in [6.07, 6.45) is 1.15. The van der Waals surface area contributed by atoms with Crippen LogP contribution in [-0.2, 0) is 10.4 Å². The fourth-order valence-corrected chi connectivity index (χ4v) is 2.70. The highest BCUT2D eigenvalue weighted by atomic mass is 79.9. The minimum Gasteiger partial charge on any atom is -0.375 e. The Morgan fingerprint density at radius 2 is 2.14 bits per heavy atom. The summed E-state index contributed by atoms with van der Waals surface area (Å²) in [5.41, 5.74) is -0.735. The molecule has 0 saturated carbocycles. The summed E-state index contributed by atoms with van der Waals surface area (Å²) >= 11 is 3.30. The first-order chi connectivity index (χ1) is 10.0. The highest BCUT2D eigenvalue weighted by molar-refractivity contribution is 9.10. The molecule has 0 unspecified atom stereocenters. The summed E-state index contributed by atoms with van der Waals surface area (Å²) in [6.45, 7) is 0. The van der Waals surface area contributed by atoms with Gasteiger partial charge in [-0.25, -0.2) is 0 Å². The van der Waals surface area contributed by atoms with E-state index in [0.29, 0.717) is 11.3 Å². The largest absolute Gasteiger partial charge is 0.375 e. The molecule has 2 heterocycles. The molecule has 0 aliphatic carbocycles. The van der Waals surface area contributed by atoms with E-state index in [4.69, 9.17) is 0 Å². The summed E-state index contributed by atoms with van der Waals surface area (Å²) in [5.74, 6) is -0.985. The van der Waals surface area contributed by atoms with Gasteiger partial charge in [-0.15, -0.1) is 0 Å². The molecule has 0 spiro atoms. The molecule has 1 aromatic heterocycles. The van der Waals surface area contributed by atoms with Crippen LogP contribution in [0.2, 0.25) is 0 Å². The van der Waals surface area contributed by atoms with Crippen molar-refractivity contribution in [1.82, 2.24) is 4.98 Å². The normalized spacial score (nSPS) is 20.0. The van der Waals surface area contributed by atoms with Gasteiger partial charge in [-0.05, 0) is 30.3 Å². The summed E-state index contributed by atoms with van der Waals surface area (Å²) in [7, 11) is 0. The topological polar surface area (TPSA) is 79.3 Å². The zero-order valence-corrected chi connectivity index (χ0v) is 12.4. The lowest BCUT2D eigenvalue weighted by Crippen LogP contribution is -2.36. The van der Waals surface area contributed by atoms with Gasteiger partial charge in [0.25, 0.3) is 5.91 Å². The Hall–Kier alpha value is -2.05. The quantitative estimate of drug-likeness (QED) is 0.835. The van der Waals surface area contributed by atoms with Crippen molar-refractivity contribution >= 4 is 33.3 Å². The average Bonchev–Trinajstić information content (AvgIpc) is 2.72. The van der Waals surface area contributed by atoms with Gasteiger partial charge in [0.1, 0.15) is 5.69 Å². The van der Waals surface area contributed by atoms with Gasteiger partial charge in [0.15, 0.2) is 11.4 Å². The molecule has 1 aliphatic heterocycles. The number of fused-ring (bicyclic) bond motifs is 1. The third-order valence-corrected chi connectivity index (χ3v) is 3.91. The molecule has 2 aromatic rings. The van der Waals surface area contributed by atoms with Gasteiger partial charge in [-0.3, -0.25) is 14.6 Å². The molecule has 21 heavy (non-hydrogen) atoms. The number of pyridine rings is 1. The van der Waals surface area contributed by atoms with E-state index in [0.717, 1.165) is 4.47 Å². The minimum absolute atomic E-state index is 0.224. The standard InChI is InChI=1S/C15H11BrN2O3/c16-9-4-5-11-10(7-9)15(21,14(20)18-11)8-13(19)12-3-1-2-6-17-12/h1-7,21H,8H2,(H,18,20)/t15-/m1/s1. The maximum Gasteiger partial charge on any atom is 0.261 e. The number of hydrogen-bond acceptors (Lipinski definition) is 4. The highest BCUT2D eigenvalue weighted by Crippen LogP contribution is 2.40. The Labute approximate surface area is 129 Å². The number of hydrogen-bond donors (Lipinski definition) is 2. The molecule has 0 fully saturated rings. The van der Waals surface area contributed by atoms with Crippen molar-refractivity contribution in [2.24, 2.45) is 0 Å². The average molecular weight is 347 g/mol. The molecule has 2 N–H and O–H groups in total. The highest BCUT2D eigenvalue weighted by Gasteiger charge is 2.47. The molecule has 3 rings (SSSR count). The van der Waals surface area contributed by atoms with Gasteiger partial charge in [-0.1, -0.05) is 22.0 Å². The SMILES string of the molecule is O=C(C[C@]1(O)C(=O)Nc2ccc(Br)cc21)c1ccccn1. The Kier molecular flexibility index (Phi) is 3.35. The number of halogens is 1. The first kappa shape index (κ1) is 13.9. The monoisotopic (exact) mass is 346 g/mol. The van der Waals surface area contributed by atoms with Crippen molar-refractivity contribution in [1.29, 1.82) is 0 Å². The van der Waals surface area contributed by atoms with E-state index in [1.807, 2.05) is 0 Å². The Bertz CT molecular complexity index is 733. The van der Waals surface area contributed by atoms with Crippen LogP contribution in [0.15, 0.2) is 47.1 Å². The zero-order chi connectivity index (χ0) is 15.0. The van der Waals surface area contributed by atoms with Gasteiger partial charge < -0.3 is 10.4 Å². The molecule has 1 aliphatic rings. The summed E-state index contributed by atoms with van der Waals surface area (Å²) in [5, 5.41) is 13.3. The number of aliphatic hydroxyl groups is 1. The van der Waals surface area contributed by atoms with Crippen LogP contribution in [0.5, 0.6) is 0 Å². The number of nitrogens with zero attached hydrogens (tertiary/aromatic N) is 1. The van der Waals surface area contributed by atoms with E-state index in [1.165, 1.54) is 6.20 Å². The van der Waals surface area contributed by atoms with Crippen molar-refractivity contribution in [2.45, 2.75) is 12.0 Å². The third kappa shape index (κ3) is 2.36. The molecule has 0 saturated heterocycles. The number of carbonyl (C=O) groups excluding carboxylic acids is 2. The third-order valence-electron chi connectivity index (χ3n) is 3.42. The molecule has 1 atom stereocenters. The maximum absolute atomic E-state index is 12.2. The Balaban J connectivity index is 1.97. The second-order valence-electron chi connectivity index (χ2n) is 4.82. The minimum atomic E-state index is -1.87. The summed E-state index contributed by atoms with van der Waals surface area (Å²) in [4.78, 5) is 28.3. The van der Waals surface area contributed by atoms with Gasteiger partial charge in [0, 0.05) is 21.9 Å². The molecule has 0 bridgehead atoms. The van der Waals surface area contributed by atoms with E-state index >= 15 is 0 Å². The Morgan fingerprint density at radius 1 is 1.33 bits per heavy atom. The molecule has 1 aromatic carbocycles. The Morgan fingerprint density at radius 3 is 2.86 bits per heavy atom. The molecule has 0 radical (unpaired) electrons. The van der Waals surface area contributed by atoms with Crippen LogP contribution in [0.3, 0.4) is 0 Å². The van der Waals surface area contributed by atoms with Crippen LogP contribution in [0.25, 0.3) is 0 Å². The smallest absolute Gasteiger partial charge is 0.261 e. The van der Waals surface area contributed by atoms with E-state index < -0.39 is 11.5 Å². The molecule has 6 heteroatoms. The van der Waals surface area contributed by atoms with E-state index in [1.54, 1.807) is 36.4 Å². The maximum atomic E-state index is 12.2. The second kappa shape index (κ2) is 5.05. The lowest BCUT2D eigenvalue weighted by atomic mass is 9.89. The van der Waals surface area contributed by atoms with Crippen LogP contribution in [0.1, 0.15) is 22.5 Å². The first-order valence-corrected chi connectivity index (χ1v) is 7.08. The van der Waals surface area contributed by atoms with Crippen LogP contribution in [0, 0.1) is 0 Å². The molecular weight excluding hydrogens is 336 g/mol. The van der Waals surface area contributed by atoms with Gasteiger partial charge in [0.05, 0.1) is 6.42 Å². The van der Waals surface area contributed by atoms with Gasteiger partial charge in [0.2, 0.25) is 0 Å².